The quantitative estimate of drug-likeness (QED) is 0.905. The summed E-state index contributed by atoms with van der Waals surface area (Å²) in [6, 6.07) is 6.71. The number of hydrogen-bond donors (Lipinski definition) is 1. The van der Waals surface area contributed by atoms with Crippen molar-refractivity contribution in [3.05, 3.63) is 45.7 Å². The van der Waals surface area contributed by atoms with Gasteiger partial charge in [-0.25, -0.2) is 9.97 Å². The van der Waals surface area contributed by atoms with Gasteiger partial charge in [-0.1, -0.05) is 28.9 Å². The summed E-state index contributed by atoms with van der Waals surface area (Å²) in [4.78, 5) is 9.43. The Morgan fingerprint density at radius 3 is 3.00 bits per heavy atom. The minimum absolute atomic E-state index is 0.411. The fourth-order valence-electron chi connectivity index (χ4n) is 2.94. The van der Waals surface area contributed by atoms with Crippen LogP contribution in [0.1, 0.15) is 42.6 Å². The third-order valence-corrected chi connectivity index (χ3v) is 4.65. The van der Waals surface area contributed by atoms with E-state index in [9.17, 15) is 0 Å². The Morgan fingerprint density at radius 1 is 1.38 bits per heavy atom. The van der Waals surface area contributed by atoms with Crippen molar-refractivity contribution < 1.29 is 0 Å². The predicted octanol–water partition coefficient (Wildman–Crippen LogP) is 4.20. The van der Waals surface area contributed by atoms with E-state index in [0.29, 0.717) is 6.04 Å². The van der Waals surface area contributed by atoms with Crippen LogP contribution in [0.3, 0.4) is 0 Å². The number of rotatable bonds is 3. The molecule has 1 atom stereocenters. The van der Waals surface area contributed by atoms with Crippen LogP contribution in [0.25, 0.3) is 11.4 Å². The number of benzene rings is 1. The molecule has 1 aromatic carbocycles. The molecule has 0 aliphatic heterocycles. The molecule has 1 aromatic heterocycles. The molecule has 3 rings (SSSR count). The lowest BCUT2D eigenvalue weighted by molar-refractivity contribution is 0.464. The number of nitrogens with one attached hydrogen (secondary N) is 1. The standard InChI is InChI=1S/C17H20BrN3/c1-3-19-15-5-4-6-16-13(15)10-20-17(21-16)12-8-7-11(2)9-14(12)18/h7-10,15,19H,3-6H2,1-2H3. The average molecular weight is 346 g/mol. The maximum Gasteiger partial charge on any atom is 0.160 e. The molecule has 0 radical (unpaired) electrons. The van der Waals surface area contributed by atoms with Gasteiger partial charge in [0.05, 0.1) is 0 Å². The van der Waals surface area contributed by atoms with Crippen molar-refractivity contribution in [1.29, 1.82) is 0 Å². The molecular weight excluding hydrogens is 326 g/mol. The SMILES string of the molecule is CCNC1CCCc2nc(-c3ccc(C)cc3Br)ncc21. The molecule has 1 N–H and O–H groups in total. The van der Waals surface area contributed by atoms with Crippen LogP contribution in [0.2, 0.25) is 0 Å². The highest BCUT2D eigenvalue weighted by Gasteiger charge is 2.22. The highest BCUT2D eigenvalue weighted by Crippen LogP contribution is 2.31. The third-order valence-electron chi connectivity index (χ3n) is 4.00. The van der Waals surface area contributed by atoms with Crippen LogP contribution in [0.4, 0.5) is 0 Å². The van der Waals surface area contributed by atoms with Crippen molar-refractivity contribution in [1.82, 2.24) is 15.3 Å². The van der Waals surface area contributed by atoms with Crippen molar-refractivity contribution in [3.63, 3.8) is 0 Å². The van der Waals surface area contributed by atoms with Gasteiger partial charge in [0, 0.05) is 33.5 Å². The lowest BCUT2D eigenvalue weighted by Crippen LogP contribution is -2.25. The van der Waals surface area contributed by atoms with Crippen molar-refractivity contribution in [2.24, 2.45) is 0 Å². The molecule has 0 saturated carbocycles. The Balaban J connectivity index is 1.99. The molecule has 4 heteroatoms. The van der Waals surface area contributed by atoms with Crippen molar-refractivity contribution in [3.8, 4) is 11.4 Å². The molecule has 110 valence electrons. The van der Waals surface area contributed by atoms with Crippen LogP contribution >= 0.6 is 15.9 Å². The Hall–Kier alpha value is -1.26. The van der Waals surface area contributed by atoms with E-state index in [2.05, 4.69) is 58.3 Å². The molecule has 1 aliphatic carbocycles. The number of aromatic nitrogens is 2. The lowest BCUT2D eigenvalue weighted by Gasteiger charge is -2.25. The minimum atomic E-state index is 0.411. The first-order valence-electron chi connectivity index (χ1n) is 7.54. The zero-order valence-electron chi connectivity index (χ0n) is 12.5. The Morgan fingerprint density at radius 2 is 2.24 bits per heavy atom. The summed E-state index contributed by atoms with van der Waals surface area (Å²) in [6.07, 6.45) is 5.43. The van der Waals surface area contributed by atoms with E-state index in [0.717, 1.165) is 28.8 Å². The zero-order valence-corrected chi connectivity index (χ0v) is 14.1. The summed E-state index contributed by atoms with van der Waals surface area (Å²) >= 11 is 3.62. The fraction of sp³-hybridized carbons (Fsp3) is 0.412. The smallest absolute Gasteiger partial charge is 0.160 e. The van der Waals surface area contributed by atoms with Gasteiger partial charge >= 0.3 is 0 Å². The summed E-state index contributed by atoms with van der Waals surface area (Å²) in [5, 5.41) is 3.53. The van der Waals surface area contributed by atoms with Gasteiger partial charge in [0.25, 0.3) is 0 Å². The first-order valence-corrected chi connectivity index (χ1v) is 8.34. The Labute approximate surface area is 134 Å². The van der Waals surface area contributed by atoms with E-state index >= 15 is 0 Å². The number of hydrogen-bond acceptors (Lipinski definition) is 3. The van der Waals surface area contributed by atoms with Gasteiger partial charge in [-0.15, -0.1) is 0 Å². The molecule has 0 fully saturated rings. The van der Waals surface area contributed by atoms with Gasteiger partial charge in [-0.2, -0.15) is 0 Å². The van der Waals surface area contributed by atoms with Gasteiger partial charge in [-0.3, -0.25) is 0 Å². The zero-order chi connectivity index (χ0) is 14.8. The van der Waals surface area contributed by atoms with Gasteiger partial charge in [0.1, 0.15) is 0 Å². The van der Waals surface area contributed by atoms with Crippen LogP contribution in [0.15, 0.2) is 28.9 Å². The monoisotopic (exact) mass is 345 g/mol. The highest BCUT2D eigenvalue weighted by atomic mass is 79.9. The number of halogens is 1. The van der Waals surface area contributed by atoms with Crippen LogP contribution in [-0.4, -0.2) is 16.5 Å². The first-order chi connectivity index (χ1) is 10.2. The second-order valence-corrected chi connectivity index (χ2v) is 6.44. The molecule has 1 heterocycles. The Kier molecular flexibility index (Phi) is 4.36. The topological polar surface area (TPSA) is 37.8 Å². The maximum atomic E-state index is 4.83. The number of fused-ring (bicyclic) bond motifs is 1. The number of aryl methyl sites for hydroxylation is 2. The van der Waals surface area contributed by atoms with Gasteiger partial charge < -0.3 is 5.32 Å². The first kappa shape index (κ1) is 14.7. The molecule has 0 amide bonds. The minimum Gasteiger partial charge on any atom is -0.310 e. The molecule has 0 saturated heterocycles. The second-order valence-electron chi connectivity index (χ2n) is 5.58. The highest BCUT2D eigenvalue weighted by molar-refractivity contribution is 9.10. The van der Waals surface area contributed by atoms with Crippen LogP contribution in [0, 0.1) is 6.92 Å². The molecule has 0 spiro atoms. The van der Waals surface area contributed by atoms with E-state index in [1.165, 1.54) is 29.7 Å². The van der Waals surface area contributed by atoms with Gasteiger partial charge in [0.15, 0.2) is 5.82 Å². The molecule has 0 bridgehead atoms. The summed E-state index contributed by atoms with van der Waals surface area (Å²) in [6.45, 7) is 5.21. The molecule has 1 aliphatic rings. The fourth-order valence-corrected chi connectivity index (χ4v) is 3.61. The van der Waals surface area contributed by atoms with E-state index in [1.54, 1.807) is 0 Å². The van der Waals surface area contributed by atoms with E-state index in [4.69, 9.17) is 4.98 Å². The van der Waals surface area contributed by atoms with E-state index < -0.39 is 0 Å². The third kappa shape index (κ3) is 3.01. The van der Waals surface area contributed by atoms with Crippen LogP contribution in [0.5, 0.6) is 0 Å². The molecule has 21 heavy (non-hydrogen) atoms. The normalized spacial score (nSPS) is 17.6. The van der Waals surface area contributed by atoms with E-state index in [-0.39, 0.29) is 0 Å². The average Bonchev–Trinajstić information content (AvgIpc) is 2.47. The predicted molar refractivity (Wildman–Crippen MR) is 89.3 cm³/mol. The van der Waals surface area contributed by atoms with E-state index in [1.807, 2.05) is 6.20 Å². The number of nitrogens with zero attached hydrogens (tertiary/aromatic N) is 2. The second kappa shape index (κ2) is 6.24. The largest absolute Gasteiger partial charge is 0.310 e. The van der Waals surface area contributed by atoms with Gasteiger partial charge in [0.2, 0.25) is 0 Å². The summed E-state index contributed by atoms with van der Waals surface area (Å²) in [5.74, 6) is 0.817. The van der Waals surface area contributed by atoms with Crippen molar-refractivity contribution in [2.75, 3.05) is 6.54 Å². The van der Waals surface area contributed by atoms with Crippen molar-refractivity contribution >= 4 is 15.9 Å². The van der Waals surface area contributed by atoms with Gasteiger partial charge in [-0.05, 0) is 50.4 Å². The van der Waals surface area contributed by atoms with Crippen molar-refractivity contribution in [2.45, 2.75) is 39.2 Å². The molecule has 3 nitrogen and oxygen atoms in total. The Bertz CT molecular complexity index is 654. The summed E-state index contributed by atoms with van der Waals surface area (Å²) < 4.78 is 1.06. The maximum absolute atomic E-state index is 4.83. The molecule has 1 unspecified atom stereocenters. The van der Waals surface area contributed by atoms with Crippen LogP contribution < -0.4 is 5.32 Å². The summed E-state index contributed by atoms with van der Waals surface area (Å²) in [7, 11) is 0. The van der Waals surface area contributed by atoms with Crippen LogP contribution in [-0.2, 0) is 6.42 Å². The lowest BCUT2D eigenvalue weighted by atomic mass is 9.92. The molecular formula is C17H20BrN3. The summed E-state index contributed by atoms with van der Waals surface area (Å²) in [5.41, 5.74) is 4.77. The molecule has 2 aromatic rings.